The van der Waals surface area contributed by atoms with Crippen molar-refractivity contribution in [3.63, 3.8) is 0 Å². The molecule has 0 fully saturated rings. The van der Waals surface area contributed by atoms with Crippen LogP contribution in [-0.4, -0.2) is 24.5 Å². The molecule has 1 heterocycles. The second-order valence-electron chi connectivity index (χ2n) is 7.57. The summed E-state index contributed by atoms with van der Waals surface area (Å²) in [5.74, 6) is -0.106. The molecule has 1 aromatic carbocycles. The minimum Gasteiger partial charge on any atom is -0.543 e. The fraction of sp³-hybridized carbons (Fsp3) is 0.526. The third-order valence-corrected chi connectivity index (χ3v) is 12.0. The van der Waals surface area contributed by atoms with E-state index in [-0.39, 0.29) is 12.2 Å². The molecule has 2 aromatic rings. The predicted octanol–water partition coefficient (Wildman–Crippen LogP) is 5.79. The van der Waals surface area contributed by atoms with Crippen LogP contribution in [0.25, 0.3) is 10.1 Å². The molecule has 0 saturated carbocycles. The number of carboxylic acids is 1. The first-order valence-electron chi connectivity index (χ1n) is 8.73. The fourth-order valence-corrected chi connectivity index (χ4v) is 10.3. The summed E-state index contributed by atoms with van der Waals surface area (Å²) in [5, 5.41) is 22.0. The molecule has 0 spiro atoms. The number of benzene rings is 1. The normalized spacial score (nSPS) is 12.5. The Morgan fingerprint density at radius 3 is 2.16 bits per heavy atom. The first kappa shape index (κ1) is 19.8. The number of carbonyl (C=O) groups is 1. The minimum atomic E-state index is -2.10. The second kappa shape index (κ2) is 7.38. The molecule has 2 N–H and O–H groups in total. The Labute approximate surface area is 154 Å². The molecule has 4 nitrogen and oxygen atoms in total. The zero-order valence-electron chi connectivity index (χ0n) is 15.8. The highest BCUT2D eigenvalue weighted by Crippen LogP contribution is 2.45. The summed E-state index contributed by atoms with van der Waals surface area (Å²) in [5.41, 5.74) is 1.97. The van der Waals surface area contributed by atoms with E-state index in [2.05, 4.69) is 41.5 Å². The fourth-order valence-electron chi connectivity index (χ4n) is 4.09. The molecule has 0 aliphatic carbocycles. The molecule has 0 atom stereocenters. The van der Waals surface area contributed by atoms with Gasteiger partial charge in [-0.3, -0.25) is 4.79 Å². The van der Waals surface area contributed by atoms with Crippen molar-refractivity contribution in [3.8, 4) is 11.5 Å². The molecular weight excluding hydrogens is 352 g/mol. The minimum absolute atomic E-state index is 0.0869. The number of aliphatic carboxylic acids is 1. The Kier molecular flexibility index (Phi) is 5.84. The standard InChI is InChI=1S/C19H28O4SSi/c1-11(2)25(12(3)4,13(5)6)23-15-8-16(20)19-14(7-18(21)22)10-24-17(19)9-15/h8-13,20H,7H2,1-6H3,(H,21,22). The summed E-state index contributed by atoms with van der Waals surface area (Å²) in [6, 6.07) is 3.59. The summed E-state index contributed by atoms with van der Waals surface area (Å²) in [6.07, 6.45) is -0.0869. The van der Waals surface area contributed by atoms with Gasteiger partial charge in [0, 0.05) is 16.2 Å². The van der Waals surface area contributed by atoms with E-state index in [1.807, 2.05) is 6.07 Å². The molecule has 0 bridgehead atoms. The third kappa shape index (κ3) is 3.70. The Morgan fingerprint density at radius 2 is 1.68 bits per heavy atom. The van der Waals surface area contributed by atoms with Crippen LogP contribution < -0.4 is 4.43 Å². The zero-order chi connectivity index (χ0) is 18.9. The van der Waals surface area contributed by atoms with Crippen LogP contribution in [0.2, 0.25) is 16.6 Å². The molecular formula is C19H28O4SSi. The van der Waals surface area contributed by atoms with Crippen molar-refractivity contribution in [2.24, 2.45) is 0 Å². The van der Waals surface area contributed by atoms with Gasteiger partial charge in [0.15, 0.2) is 0 Å². The Morgan fingerprint density at radius 1 is 1.12 bits per heavy atom. The van der Waals surface area contributed by atoms with Gasteiger partial charge in [-0.1, -0.05) is 41.5 Å². The molecule has 0 saturated heterocycles. The summed E-state index contributed by atoms with van der Waals surface area (Å²) in [6.45, 7) is 13.3. The second-order valence-corrected chi connectivity index (χ2v) is 13.9. The van der Waals surface area contributed by atoms with E-state index < -0.39 is 14.3 Å². The smallest absolute Gasteiger partial charge is 0.307 e. The molecule has 0 unspecified atom stereocenters. The van der Waals surface area contributed by atoms with Gasteiger partial charge in [0.1, 0.15) is 11.5 Å². The molecule has 2 rings (SSSR count). The first-order valence-corrected chi connectivity index (χ1v) is 11.7. The van der Waals surface area contributed by atoms with Crippen LogP contribution in [-0.2, 0) is 11.2 Å². The van der Waals surface area contributed by atoms with Crippen molar-refractivity contribution in [1.82, 2.24) is 0 Å². The number of thiophene rings is 1. The summed E-state index contributed by atoms with van der Waals surface area (Å²) in [4.78, 5) is 11.0. The van der Waals surface area contributed by atoms with Gasteiger partial charge in [0.05, 0.1) is 6.42 Å². The van der Waals surface area contributed by atoms with Gasteiger partial charge in [-0.2, -0.15) is 0 Å². The maximum Gasteiger partial charge on any atom is 0.307 e. The first-order chi connectivity index (χ1) is 11.6. The zero-order valence-corrected chi connectivity index (χ0v) is 17.6. The summed E-state index contributed by atoms with van der Waals surface area (Å²) >= 11 is 1.45. The number of hydrogen-bond acceptors (Lipinski definition) is 4. The van der Waals surface area contributed by atoms with Crippen molar-refractivity contribution < 1.29 is 19.4 Å². The number of phenolic OH excluding ortho intramolecular Hbond substituents is 1. The maximum atomic E-state index is 11.0. The largest absolute Gasteiger partial charge is 0.543 e. The molecule has 25 heavy (non-hydrogen) atoms. The molecule has 0 radical (unpaired) electrons. The van der Waals surface area contributed by atoms with Crippen molar-refractivity contribution in [2.45, 2.75) is 64.6 Å². The van der Waals surface area contributed by atoms with E-state index in [9.17, 15) is 9.90 Å². The van der Waals surface area contributed by atoms with E-state index in [0.717, 1.165) is 4.70 Å². The Hall–Kier alpha value is -1.53. The Balaban J connectivity index is 2.49. The molecule has 0 aliphatic rings. The highest BCUT2D eigenvalue weighted by molar-refractivity contribution is 7.17. The number of hydrogen-bond donors (Lipinski definition) is 2. The van der Waals surface area contributed by atoms with E-state index in [1.54, 1.807) is 11.4 Å². The SMILES string of the molecule is CC(C)[Si](Oc1cc(O)c2c(CC(=O)O)csc2c1)(C(C)C)C(C)C. The quantitative estimate of drug-likeness (QED) is 0.597. The lowest BCUT2D eigenvalue weighted by atomic mass is 10.1. The van der Waals surface area contributed by atoms with Gasteiger partial charge in [0.2, 0.25) is 0 Å². The van der Waals surface area contributed by atoms with Gasteiger partial charge in [-0.15, -0.1) is 11.3 Å². The Bertz CT molecular complexity index is 742. The lowest BCUT2D eigenvalue weighted by molar-refractivity contribution is -0.136. The van der Waals surface area contributed by atoms with E-state index in [0.29, 0.717) is 33.3 Å². The summed E-state index contributed by atoms with van der Waals surface area (Å²) in [7, 11) is -2.10. The highest BCUT2D eigenvalue weighted by Gasteiger charge is 2.47. The van der Waals surface area contributed by atoms with Gasteiger partial charge in [-0.25, -0.2) is 0 Å². The number of fused-ring (bicyclic) bond motifs is 1. The van der Waals surface area contributed by atoms with E-state index in [4.69, 9.17) is 9.53 Å². The van der Waals surface area contributed by atoms with Crippen LogP contribution in [0.15, 0.2) is 17.5 Å². The van der Waals surface area contributed by atoms with Crippen molar-refractivity contribution in [3.05, 3.63) is 23.1 Å². The van der Waals surface area contributed by atoms with Crippen molar-refractivity contribution in [1.29, 1.82) is 0 Å². The van der Waals surface area contributed by atoms with E-state index >= 15 is 0 Å². The van der Waals surface area contributed by atoms with E-state index in [1.165, 1.54) is 11.3 Å². The number of carboxylic acid groups (broad SMARTS) is 1. The van der Waals surface area contributed by atoms with Crippen LogP contribution in [0.5, 0.6) is 11.5 Å². The number of phenols is 1. The molecule has 0 amide bonds. The number of rotatable bonds is 7. The predicted molar refractivity (Wildman–Crippen MR) is 107 cm³/mol. The van der Waals surface area contributed by atoms with Gasteiger partial charge in [0.25, 0.3) is 8.32 Å². The molecule has 6 heteroatoms. The van der Waals surface area contributed by atoms with Crippen molar-refractivity contribution >= 4 is 35.7 Å². The maximum absolute atomic E-state index is 11.0. The average molecular weight is 381 g/mol. The average Bonchev–Trinajstić information content (AvgIpc) is 2.86. The van der Waals surface area contributed by atoms with Gasteiger partial charge >= 0.3 is 5.97 Å². The molecule has 1 aromatic heterocycles. The lowest BCUT2D eigenvalue weighted by Gasteiger charge is -2.42. The van der Waals surface area contributed by atoms with Crippen LogP contribution in [0.3, 0.4) is 0 Å². The lowest BCUT2D eigenvalue weighted by Crippen LogP contribution is -2.50. The van der Waals surface area contributed by atoms with Crippen LogP contribution in [0.1, 0.15) is 47.1 Å². The van der Waals surface area contributed by atoms with Crippen LogP contribution >= 0.6 is 11.3 Å². The monoisotopic (exact) mass is 380 g/mol. The van der Waals surface area contributed by atoms with Crippen LogP contribution in [0, 0.1) is 0 Å². The topological polar surface area (TPSA) is 66.8 Å². The molecule has 138 valence electrons. The van der Waals surface area contributed by atoms with Crippen molar-refractivity contribution in [2.75, 3.05) is 0 Å². The van der Waals surface area contributed by atoms with Gasteiger partial charge in [-0.05, 0) is 33.6 Å². The summed E-state index contributed by atoms with van der Waals surface area (Å²) < 4.78 is 7.50. The van der Waals surface area contributed by atoms with Crippen LogP contribution in [0.4, 0.5) is 0 Å². The highest BCUT2D eigenvalue weighted by atomic mass is 32.1. The molecule has 0 aliphatic heterocycles. The third-order valence-electron chi connectivity index (χ3n) is 5.05. The number of aromatic hydroxyl groups is 1. The van der Waals surface area contributed by atoms with Gasteiger partial charge < -0.3 is 14.6 Å².